The van der Waals surface area contributed by atoms with E-state index in [9.17, 15) is 17.6 Å². The molecule has 0 saturated heterocycles. The maximum Gasteiger partial charge on any atom is 0.260 e. The molecule has 0 unspecified atom stereocenters. The molecule has 0 saturated carbocycles. The quantitative estimate of drug-likeness (QED) is 0.896. The molecule has 0 bridgehead atoms. The number of nitrogens with zero attached hydrogens (tertiary/aromatic N) is 1. The highest BCUT2D eigenvalue weighted by atomic mass is 32.2. The van der Waals surface area contributed by atoms with E-state index in [2.05, 4.69) is 0 Å². The predicted octanol–water partition coefficient (Wildman–Crippen LogP) is 1.16. The second kappa shape index (κ2) is 4.87. The van der Waals surface area contributed by atoms with Gasteiger partial charge in [0.05, 0.1) is 0 Å². The first-order valence-corrected chi connectivity index (χ1v) is 6.75. The van der Waals surface area contributed by atoms with Gasteiger partial charge in [0.15, 0.2) is 0 Å². The van der Waals surface area contributed by atoms with E-state index in [-0.39, 0.29) is 12.3 Å². The lowest BCUT2D eigenvalue weighted by Crippen LogP contribution is -2.43. The number of halogens is 1. The molecule has 0 atom stereocenters. The molecule has 1 aromatic carbocycles. The number of sulfonamides is 1. The summed E-state index contributed by atoms with van der Waals surface area (Å²) in [5.41, 5.74) is 0. The smallest absolute Gasteiger partial charge is 0.260 e. The summed E-state index contributed by atoms with van der Waals surface area (Å²) in [7, 11) is -4.09. The van der Waals surface area contributed by atoms with Crippen LogP contribution in [0.2, 0.25) is 0 Å². The number of carbonyl (C=O) groups is 1. The fourth-order valence-electron chi connectivity index (χ4n) is 1.51. The van der Waals surface area contributed by atoms with Crippen molar-refractivity contribution in [3.63, 3.8) is 0 Å². The molecule has 1 aromatic rings. The van der Waals surface area contributed by atoms with Crippen LogP contribution in [0.1, 0.15) is 12.8 Å². The zero-order valence-electron chi connectivity index (χ0n) is 9.34. The first-order chi connectivity index (χ1) is 8.50. The van der Waals surface area contributed by atoms with Crippen LogP contribution in [-0.4, -0.2) is 19.3 Å². The van der Waals surface area contributed by atoms with Crippen molar-refractivity contribution >= 4 is 15.9 Å². The average Bonchev–Trinajstić information content (AvgIpc) is 2.32. The van der Waals surface area contributed by atoms with Gasteiger partial charge in [0.1, 0.15) is 10.7 Å². The fraction of sp³-hybridized carbons (Fsp3) is 0.182. The summed E-state index contributed by atoms with van der Waals surface area (Å²) in [5.74, 6) is -1.24. The van der Waals surface area contributed by atoms with Crippen LogP contribution in [0.15, 0.2) is 41.4 Å². The highest BCUT2D eigenvalue weighted by Gasteiger charge is 2.24. The molecular formula is C11H11FN2O3S. The molecule has 1 aliphatic rings. The number of nitrogens with one attached hydrogen (secondary N) is 1. The molecule has 0 fully saturated rings. The van der Waals surface area contributed by atoms with Gasteiger partial charge in [-0.25, -0.2) is 17.8 Å². The van der Waals surface area contributed by atoms with Crippen molar-refractivity contribution < 1.29 is 17.6 Å². The van der Waals surface area contributed by atoms with Crippen molar-refractivity contribution in [3.05, 3.63) is 42.4 Å². The van der Waals surface area contributed by atoms with E-state index in [4.69, 9.17) is 0 Å². The van der Waals surface area contributed by atoms with E-state index in [1.165, 1.54) is 18.3 Å². The summed E-state index contributed by atoms with van der Waals surface area (Å²) in [6.07, 6.45) is 3.77. The summed E-state index contributed by atoms with van der Waals surface area (Å²) in [5, 5.41) is 0.852. The normalized spacial score (nSPS) is 16.1. The standard InChI is InChI=1S/C11H11FN2O3S/c12-9-5-1-2-6-10(9)18(16,17)13-14-8-4-3-7-11(14)15/h1-2,4-6,8,13H,3,7H2. The zero-order valence-corrected chi connectivity index (χ0v) is 10.2. The van der Waals surface area contributed by atoms with Gasteiger partial charge in [0.2, 0.25) is 5.91 Å². The van der Waals surface area contributed by atoms with E-state index < -0.39 is 20.7 Å². The predicted molar refractivity (Wildman–Crippen MR) is 61.9 cm³/mol. The van der Waals surface area contributed by atoms with Crippen LogP contribution in [0.5, 0.6) is 0 Å². The van der Waals surface area contributed by atoms with Crippen molar-refractivity contribution in [2.24, 2.45) is 0 Å². The van der Waals surface area contributed by atoms with E-state index in [0.29, 0.717) is 6.42 Å². The van der Waals surface area contributed by atoms with E-state index in [0.717, 1.165) is 17.1 Å². The molecule has 0 radical (unpaired) electrons. The highest BCUT2D eigenvalue weighted by Crippen LogP contribution is 2.15. The number of benzene rings is 1. The third kappa shape index (κ3) is 2.57. The van der Waals surface area contributed by atoms with Gasteiger partial charge in [0, 0.05) is 12.6 Å². The van der Waals surface area contributed by atoms with Crippen LogP contribution in [0.4, 0.5) is 4.39 Å². The first kappa shape index (κ1) is 12.7. The van der Waals surface area contributed by atoms with Gasteiger partial charge in [0.25, 0.3) is 10.0 Å². The molecule has 0 spiro atoms. The lowest BCUT2D eigenvalue weighted by atomic mass is 10.2. The Labute approximate surface area is 104 Å². The number of hydrogen-bond acceptors (Lipinski definition) is 3. The molecule has 1 aliphatic heterocycles. The van der Waals surface area contributed by atoms with Crippen molar-refractivity contribution in [3.8, 4) is 0 Å². The Kier molecular flexibility index (Phi) is 3.44. The molecule has 5 nitrogen and oxygen atoms in total. The van der Waals surface area contributed by atoms with Gasteiger partial charge in [-0.05, 0) is 18.6 Å². The summed E-state index contributed by atoms with van der Waals surface area (Å²) in [4.78, 5) is 13.0. The van der Waals surface area contributed by atoms with Gasteiger partial charge < -0.3 is 0 Å². The number of carbonyl (C=O) groups excluding carboxylic acids is 1. The second-order valence-corrected chi connectivity index (χ2v) is 5.34. The number of hydrogen-bond donors (Lipinski definition) is 1. The van der Waals surface area contributed by atoms with Crippen molar-refractivity contribution in [2.45, 2.75) is 17.7 Å². The van der Waals surface area contributed by atoms with E-state index in [1.807, 2.05) is 4.83 Å². The van der Waals surface area contributed by atoms with Crippen molar-refractivity contribution in [1.29, 1.82) is 0 Å². The number of hydrazine groups is 1. The highest BCUT2D eigenvalue weighted by molar-refractivity contribution is 7.89. The van der Waals surface area contributed by atoms with E-state index in [1.54, 1.807) is 6.08 Å². The van der Waals surface area contributed by atoms with Crippen LogP contribution < -0.4 is 4.83 Å². The van der Waals surface area contributed by atoms with Crippen LogP contribution >= 0.6 is 0 Å². The topological polar surface area (TPSA) is 66.5 Å². The zero-order chi connectivity index (χ0) is 13.2. The minimum atomic E-state index is -4.09. The Morgan fingerprint density at radius 2 is 2.00 bits per heavy atom. The molecule has 7 heteroatoms. The molecule has 2 rings (SSSR count). The van der Waals surface area contributed by atoms with Crippen molar-refractivity contribution in [2.75, 3.05) is 0 Å². The van der Waals surface area contributed by atoms with Gasteiger partial charge in [-0.1, -0.05) is 18.2 Å². The summed E-state index contributed by atoms with van der Waals surface area (Å²) >= 11 is 0. The number of rotatable bonds is 3. The SMILES string of the molecule is O=C1CCC=CN1NS(=O)(=O)c1ccccc1F. The van der Waals surface area contributed by atoms with Crippen LogP contribution in [0.25, 0.3) is 0 Å². The fourth-order valence-corrected chi connectivity index (χ4v) is 2.62. The minimum absolute atomic E-state index is 0.219. The lowest BCUT2D eigenvalue weighted by molar-refractivity contribution is -0.130. The third-order valence-corrected chi connectivity index (χ3v) is 3.74. The first-order valence-electron chi connectivity index (χ1n) is 5.26. The largest absolute Gasteiger partial charge is 0.273 e. The molecule has 0 aliphatic carbocycles. The van der Waals surface area contributed by atoms with Crippen molar-refractivity contribution in [1.82, 2.24) is 9.84 Å². The number of amides is 1. The van der Waals surface area contributed by atoms with Crippen LogP contribution in [0, 0.1) is 5.82 Å². The molecule has 96 valence electrons. The van der Waals surface area contributed by atoms with Gasteiger partial charge in [-0.3, -0.25) is 4.79 Å². The van der Waals surface area contributed by atoms with E-state index >= 15 is 0 Å². The molecule has 18 heavy (non-hydrogen) atoms. The summed E-state index contributed by atoms with van der Waals surface area (Å²) < 4.78 is 37.2. The Hall–Kier alpha value is -1.73. The Morgan fingerprint density at radius 1 is 1.28 bits per heavy atom. The maximum absolute atomic E-state index is 13.4. The third-order valence-electron chi connectivity index (χ3n) is 2.39. The maximum atomic E-state index is 13.4. The van der Waals surface area contributed by atoms with Crippen LogP contribution in [0.3, 0.4) is 0 Å². The number of allylic oxidation sites excluding steroid dienone is 1. The molecule has 1 heterocycles. The Morgan fingerprint density at radius 3 is 2.67 bits per heavy atom. The van der Waals surface area contributed by atoms with Gasteiger partial charge in [-0.2, -0.15) is 0 Å². The molecule has 0 aromatic heterocycles. The monoisotopic (exact) mass is 270 g/mol. The van der Waals surface area contributed by atoms with Gasteiger partial charge >= 0.3 is 0 Å². The molecule has 1 amide bonds. The average molecular weight is 270 g/mol. The van der Waals surface area contributed by atoms with Crippen LogP contribution in [-0.2, 0) is 14.8 Å². The Balaban J connectivity index is 2.28. The molecular weight excluding hydrogens is 259 g/mol. The second-order valence-electron chi connectivity index (χ2n) is 3.71. The van der Waals surface area contributed by atoms with Gasteiger partial charge in [-0.15, -0.1) is 4.83 Å². The summed E-state index contributed by atoms with van der Waals surface area (Å²) in [6, 6.07) is 4.98. The molecule has 1 N–H and O–H groups in total. The summed E-state index contributed by atoms with van der Waals surface area (Å²) in [6.45, 7) is 0. The lowest BCUT2D eigenvalue weighted by Gasteiger charge is -2.21. The minimum Gasteiger partial charge on any atom is -0.273 e. The Bertz CT molecular complexity index is 598.